The molecule has 0 unspecified atom stereocenters. The van der Waals surface area contributed by atoms with Crippen molar-refractivity contribution < 1.29 is 22.2 Å². The highest BCUT2D eigenvalue weighted by atomic mass is 32.2. The molecule has 5 nitrogen and oxygen atoms in total. The van der Waals surface area contributed by atoms with Crippen molar-refractivity contribution in [1.29, 1.82) is 0 Å². The van der Waals surface area contributed by atoms with Gasteiger partial charge in [-0.15, -0.1) is 0 Å². The lowest BCUT2D eigenvalue weighted by Crippen LogP contribution is -2.43. The average Bonchev–Trinajstić information content (AvgIpc) is 2.14. The topological polar surface area (TPSA) is 63.6 Å². The lowest BCUT2D eigenvalue weighted by molar-refractivity contribution is -0.890. The molecule has 0 aliphatic carbocycles. The Morgan fingerprint density at radius 2 is 1.94 bits per heavy atom. The molecule has 0 radical (unpaired) electrons. The minimum absolute atomic E-state index is 0.173. The molecule has 0 aromatic heterocycles. The predicted octanol–water partition coefficient (Wildman–Crippen LogP) is 0.933. The lowest BCUT2D eigenvalue weighted by Gasteiger charge is -2.29. The lowest BCUT2D eigenvalue weighted by atomic mass is 10.3. The van der Waals surface area contributed by atoms with Gasteiger partial charge in [0.05, 0.1) is 39.6 Å². The van der Waals surface area contributed by atoms with Crippen LogP contribution in [0.15, 0.2) is 12.2 Å². The summed E-state index contributed by atoms with van der Waals surface area (Å²) in [7, 11) is 0.204. The van der Waals surface area contributed by atoms with Crippen LogP contribution in [0.1, 0.15) is 13.3 Å². The van der Waals surface area contributed by atoms with E-state index in [0.717, 1.165) is 6.54 Å². The molecule has 17 heavy (non-hydrogen) atoms. The maximum atomic E-state index is 10.6. The minimum Gasteiger partial charge on any atom is -0.372 e. The number of hydrogen-bond acceptors (Lipinski definition) is 3. The fourth-order valence-electron chi connectivity index (χ4n) is 1.35. The normalized spacial score (nSPS) is 13.4. The van der Waals surface area contributed by atoms with Crippen LogP contribution in [0, 0.1) is 0 Å². The largest absolute Gasteiger partial charge is 0.372 e. The zero-order valence-corrected chi connectivity index (χ0v) is 11.7. The fourth-order valence-corrected chi connectivity index (χ4v) is 1.84. The van der Waals surface area contributed by atoms with Gasteiger partial charge < -0.3 is 9.22 Å². The quantitative estimate of drug-likeness (QED) is 0.292. The van der Waals surface area contributed by atoms with Crippen molar-refractivity contribution in [3.63, 3.8) is 0 Å². The summed E-state index contributed by atoms with van der Waals surface area (Å²) in [5, 5.41) is 0. The second-order valence-electron chi connectivity index (χ2n) is 4.67. The summed E-state index contributed by atoms with van der Waals surface area (Å²) in [6.45, 7) is 4.72. The summed E-state index contributed by atoms with van der Waals surface area (Å²) >= 11 is 0. The van der Waals surface area contributed by atoms with Gasteiger partial charge in [-0.25, -0.2) is 0 Å². The number of rotatable bonds is 9. The molecule has 0 bridgehead atoms. The molecular weight excluding hydrogens is 242 g/mol. The predicted molar refractivity (Wildman–Crippen MR) is 68.5 cm³/mol. The first kappa shape index (κ1) is 16.6. The highest BCUT2D eigenvalue weighted by Gasteiger charge is 2.16. The van der Waals surface area contributed by atoms with E-state index in [0.29, 0.717) is 30.7 Å². The summed E-state index contributed by atoms with van der Waals surface area (Å²) in [4.78, 5) is 0. The van der Waals surface area contributed by atoms with Gasteiger partial charge in [-0.05, 0) is 6.92 Å². The van der Waals surface area contributed by atoms with E-state index in [2.05, 4.69) is 0 Å². The first-order valence-corrected chi connectivity index (χ1v) is 7.34. The molecule has 0 aliphatic rings. The molecule has 0 fully saturated rings. The summed E-state index contributed by atoms with van der Waals surface area (Å²) in [5.74, 6) is -0.173. The van der Waals surface area contributed by atoms with Crippen molar-refractivity contribution in [3.8, 4) is 0 Å². The average molecular weight is 266 g/mol. The molecule has 0 spiro atoms. The van der Waals surface area contributed by atoms with E-state index < -0.39 is 10.1 Å². The number of likely N-dealkylation sites (N-methyl/N-ethyl adjacent to an activating group) is 1. The van der Waals surface area contributed by atoms with Crippen molar-refractivity contribution in [1.82, 2.24) is 0 Å². The Kier molecular flexibility index (Phi) is 7.61. The molecule has 0 saturated heterocycles. The van der Waals surface area contributed by atoms with E-state index in [1.165, 1.54) is 0 Å². The van der Waals surface area contributed by atoms with Crippen molar-refractivity contribution in [2.45, 2.75) is 13.3 Å². The van der Waals surface area contributed by atoms with E-state index in [-0.39, 0.29) is 5.75 Å². The Morgan fingerprint density at radius 1 is 1.29 bits per heavy atom. The molecule has 0 rings (SSSR count). The van der Waals surface area contributed by atoms with Crippen LogP contribution in [0.3, 0.4) is 0 Å². The Labute approximate surface area is 104 Å². The number of quaternary nitrogens is 1. The van der Waals surface area contributed by atoms with Gasteiger partial charge in [-0.1, -0.05) is 12.2 Å². The zero-order valence-electron chi connectivity index (χ0n) is 10.9. The van der Waals surface area contributed by atoms with Crippen LogP contribution in [-0.2, 0) is 14.9 Å². The smallest absolute Gasteiger partial charge is 0.265 e. The first-order chi connectivity index (χ1) is 7.77. The van der Waals surface area contributed by atoms with Gasteiger partial charge in [0.15, 0.2) is 0 Å². The summed E-state index contributed by atoms with van der Waals surface area (Å²) in [6.07, 6.45) is 4.34. The van der Waals surface area contributed by atoms with Gasteiger partial charge in [0.25, 0.3) is 10.1 Å². The molecule has 0 saturated carbocycles. The molecule has 0 atom stereocenters. The third kappa shape index (κ3) is 11.8. The zero-order chi connectivity index (χ0) is 13.4. The Balaban J connectivity index is 3.72. The van der Waals surface area contributed by atoms with Gasteiger partial charge in [-0.2, -0.15) is 8.42 Å². The number of allylic oxidation sites excluding steroid dienone is 1. The first-order valence-electron chi connectivity index (χ1n) is 5.73. The number of nitrogens with zero attached hydrogens (tertiary/aromatic N) is 1. The van der Waals surface area contributed by atoms with Crippen LogP contribution in [0.2, 0.25) is 0 Å². The monoisotopic (exact) mass is 266 g/mol. The summed E-state index contributed by atoms with van der Waals surface area (Å²) in [6, 6.07) is 0. The van der Waals surface area contributed by atoms with Gasteiger partial charge in [0.1, 0.15) is 6.54 Å². The van der Waals surface area contributed by atoms with Crippen molar-refractivity contribution in [2.24, 2.45) is 0 Å². The minimum atomic E-state index is -3.83. The van der Waals surface area contributed by atoms with Crippen molar-refractivity contribution in [2.75, 3.05) is 46.2 Å². The maximum absolute atomic E-state index is 10.6. The van der Waals surface area contributed by atoms with Crippen molar-refractivity contribution >= 4 is 10.1 Å². The molecule has 0 aromatic carbocycles. The van der Waals surface area contributed by atoms with E-state index in [1.807, 2.05) is 33.2 Å². The molecule has 0 aromatic rings. The SMILES string of the molecule is C/C=C/COCC[N+](C)(C)CCCS(=O)(=O)O. The summed E-state index contributed by atoms with van der Waals surface area (Å²) in [5.41, 5.74) is 0. The van der Waals surface area contributed by atoms with Crippen LogP contribution in [0.5, 0.6) is 0 Å². The molecule has 6 heteroatoms. The van der Waals surface area contributed by atoms with Gasteiger partial charge >= 0.3 is 0 Å². The molecule has 0 amide bonds. The Morgan fingerprint density at radius 3 is 2.47 bits per heavy atom. The van der Waals surface area contributed by atoms with Gasteiger partial charge in [0, 0.05) is 6.42 Å². The standard InChI is InChI=1S/C11H23NO4S/c1-4-5-9-16-10-8-12(2,3)7-6-11-17(13,14)15/h4-5H,6-11H2,1-3H3/p+1/b5-4+. The Bertz CT molecular complexity index is 322. The number of hydrogen-bond donors (Lipinski definition) is 1. The fraction of sp³-hybridized carbons (Fsp3) is 0.818. The Hall–Kier alpha value is -0.430. The van der Waals surface area contributed by atoms with Crippen LogP contribution < -0.4 is 0 Å². The van der Waals surface area contributed by atoms with E-state index in [1.54, 1.807) is 0 Å². The molecule has 0 heterocycles. The van der Waals surface area contributed by atoms with Crippen molar-refractivity contribution in [3.05, 3.63) is 12.2 Å². The van der Waals surface area contributed by atoms with E-state index >= 15 is 0 Å². The second kappa shape index (κ2) is 7.81. The maximum Gasteiger partial charge on any atom is 0.265 e. The number of ether oxygens (including phenoxy) is 1. The second-order valence-corrected chi connectivity index (χ2v) is 6.24. The molecule has 102 valence electrons. The van der Waals surface area contributed by atoms with Gasteiger partial charge in [0.2, 0.25) is 0 Å². The molecular formula is C11H24NO4S+. The molecule has 1 N–H and O–H groups in total. The van der Waals surface area contributed by atoms with Crippen LogP contribution in [0.4, 0.5) is 0 Å². The van der Waals surface area contributed by atoms with Crippen LogP contribution in [-0.4, -0.2) is 63.6 Å². The van der Waals surface area contributed by atoms with Crippen LogP contribution >= 0.6 is 0 Å². The highest BCUT2D eigenvalue weighted by molar-refractivity contribution is 7.85. The van der Waals surface area contributed by atoms with E-state index in [4.69, 9.17) is 9.29 Å². The highest BCUT2D eigenvalue weighted by Crippen LogP contribution is 2.01. The molecule has 0 aliphatic heterocycles. The van der Waals surface area contributed by atoms with Gasteiger partial charge in [-0.3, -0.25) is 4.55 Å². The van der Waals surface area contributed by atoms with Crippen LogP contribution in [0.25, 0.3) is 0 Å². The third-order valence-corrected chi connectivity index (χ3v) is 3.26. The summed E-state index contributed by atoms with van der Waals surface area (Å²) < 4.78 is 35.8. The third-order valence-electron chi connectivity index (χ3n) is 2.46. The van der Waals surface area contributed by atoms with E-state index in [9.17, 15) is 8.42 Å².